The van der Waals surface area contributed by atoms with Gasteiger partial charge in [-0.25, -0.2) is 19.4 Å². The molecule has 1 aliphatic rings. The van der Waals surface area contributed by atoms with Crippen molar-refractivity contribution in [2.24, 2.45) is 0 Å². The summed E-state index contributed by atoms with van der Waals surface area (Å²) >= 11 is 6.33. The van der Waals surface area contributed by atoms with Crippen LogP contribution in [0.15, 0.2) is 43.1 Å². The molecule has 3 N–H and O–H groups in total. The van der Waals surface area contributed by atoms with E-state index in [-0.39, 0.29) is 35.7 Å². The number of anilines is 2. The first-order chi connectivity index (χ1) is 20.0. The maximum Gasteiger partial charge on any atom is 0.422 e. The van der Waals surface area contributed by atoms with Crippen molar-refractivity contribution >= 4 is 29.3 Å². The SMILES string of the molecule is C[C@@H](Cn1cnnn1)Oc1cc(-c2cnc(Nc3cn(C4CC(NC(=O)O)C4)nc3OCC(F)(F)F)nc2)ccc1Cl. The van der Waals surface area contributed by atoms with Gasteiger partial charge in [0, 0.05) is 24.0 Å². The molecule has 1 aromatic carbocycles. The lowest BCUT2D eigenvalue weighted by atomic mass is 9.87. The van der Waals surface area contributed by atoms with Gasteiger partial charge in [0.25, 0.3) is 5.88 Å². The number of tetrazole rings is 1. The molecule has 18 heteroatoms. The molecule has 1 amide bonds. The van der Waals surface area contributed by atoms with Crippen LogP contribution in [-0.2, 0) is 6.54 Å². The van der Waals surface area contributed by atoms with Gasteiger partial charge in [-0.3, -0.25) is 4.68 Å². The number of alkyl halides is 3. The fourth-order valence-electron chi connectivity index (χ4n) is 4.22. The molecule has 222 valence electrons. The number of rotatable bonds is 11. The Balaban J connectivity index is 1.28. The Hall–Kier alpha value is -4.67. The summed E-state index contributed by atoms with van der Waals surface area (Å²) in [6.45, 7) is 0.712. The Morgan fingerprint density at radius 1 is 1.24 bits per heavy atom. The molecule has 3 heterocycles. The van der Waals surface area contributed by atoms with Crippen molar-refractivity contribution in [3.8, 4) is 22.8 Å². The van der Waals surface area contributed by atoms with Crippen LogP contribution >= 0.6 is 11.6 Å². The van der Waals surface area contributed by atoms with E-state index in [9.17, 15) is 18.0 Å². The predicted molar refractivity (Wildman–Crippen MR) is 141 cm³/mol. The first-order valence-electron chi connectivity index (χ1n) is 12.6. The largest absolute Gasteiger partial charge is 0.487 e. The third-order valence-electron chi connectivity index (χ3n) is 6.21. The summed E-state index contributed by atoms with van der Waals surface area (Å²) < 4.78 is 52.4. The van der Waals surface area contributed by atoms with E-state index in [2.05, 4.69) is 41.2 Å². The summed E-state index contributed by atoms with van der Waals surface area (Å²) in [7, 11) is 0. The van der Waals surface area contributed by atoms with E-state index in [0.717, 1.165) is 0 Å². The molecule has 0 radical (unpaired) electrons. The molecule has 0 saturated heterocycles. The molecule has 5 rings (SSSR count). The molecule has 1 fully saturated rings. The molecule has 4 aromatic rings. The van der Waals surface area contributed by atoms with E-state index < -0.39 is 18.9 Å². The molecule has 0 bridgehead atoms. The number of carbonyl (C=O) groups is 1. The highest BCUT2D eigenvalue weighted by atomic mass is 35.5. The molecule has 1 saturated carbocycles. The lowest BCUT2D eigenvalue weighted by Gasteiger charge is -2.34. The van der Waals surface area contributed by atoms with E-state index in [1.165, 1.54) is 34.3 Å². The maximum absolute atomic E-state index is 12.8. The van der Waals surface area contributed by atoms with Gasteiger partial charge >= 0.3 is 12.3 Å². The summed E-state index contributed by atoms with van der Waals surface area (Å²) in [6.07, 6.45) is 0.864. The Labute approximate surface area is 240 Å². The Bertz CT molecular complexity index is 1510. The van der Waals surface area contributed by atoms with Crippen molar-refractivity contribution in [2.75, 3.05) is 11.9 Å². The molecule has 14 nitrogen and oxygen atoms in total. The van der Waals surface area contributed by atoms with Gasteiger partial charge in [-0.2, -0.15) is 13.2 Å². The van der Waals surface area contributed by atoms with Gasteiger partial charge in [0.2, 0.25) is 5.95 Å². The molecule has 1 aliphatic carbocycles. The number of nitrogens with zero attached hydrogens (tertiary/aromatic N) is 8. The van der Waals surface area contributed by atoms with Crippen LogP contribution in [0.2, 0.25) is 5.02 Å². The minimum atomic E-state index is -4.57. The van der Waals surface area contributed by atoms with Gasteiger partial charge in [0.05, 0.1) is 23.8 Å². The van der Waals surface area contributed by atoms with Gasteiger partial charge in [-0.1, -0.05) is 17.7 Å². The molecular weight excluding hydrogens is 585 g/mol. The van der Waals surface area contributed by atoms with E-state index in [0.29, 0.717) is 41.3 Å². The van der Waals surface area contributed by atoms with Gasteiger partial charge in [0.15, 0.2) is 6.61 Å². The van der Waals surface area contributed by atoms with Crippen LogP contribution in [0.5, 0.6) is 11.6 Å². The molecule has 0 aliphatic heterocycles. The van der Waals surface area contributed by atoms with Gasteiger partial charge in [0.1, 0.15) is 23.9 Å². The lowest BCUT2D eigenvalue weighted by molar-refractivity contribution is -0.154. The number of halogens is 4. The van der Waals surface area contributed by atoms with E-state index in [1.807, 2.05) is 6.92 Å². The quantitative estimate of drug-likeness (QED) is 0.224. The monoisotopic (exact) mass is 608 g/mol. The van der Waals surface area contributed by atoms with Gasteiger partial charge in [-0.05, 0) is 47.9 Å². The zero-order valence-electron chi connectivity index (χ0n) is 21.9. The number of hydrogen-bond acceptors (Lipinski definition) is 10. The summed E-state index contributed by atoms with van der Waals surface area (Å²) in [5.74, 6) is 0.243. The average molecular weight is 609 g/mol. The second kappa shape index (κ2) is 12.1. The number of carboxylic acid groups (broad SMARTS) is 1. The number of benzene rings is 1. The van der Waals surface area contributed by atoms with Crippen LogP contribution < -0.4 is 20.1 Å². The number of aromatic nitrogens is 8. The number of nitrogens with one attached hydrogen (secondary N) is 2. The van der Waals surface area contributed by atoms with Crippen molar-refractivity contribution < 1.29 is 32.5 Å². The molecule has 42 heavy (non-hydrogen) atoms. The van der Waals surface area contributed by atoms with E-state index in [4.69, 9.17) is 26.2 Å². The first kappa shape index (κ1) is 28.8. The Morgan fingerprint density at radius 2 is 2.00 bits per heavy atom. The fourth-order valence-corrected chi connectivity index (χ4v) is 4.38. The standard InChI is InChI=1S/C24H24ClF3N10O4/c1-13(9-37-12-31-35-36-37)42-20-4-14(2-3-18(20)25)15-7-29-22(30-8-15)33-19-10-38(17-5-16(6-17)32-23(39)40)34-21(19)41-11-24(26,27)28/h2-4,7-8,10,12-13,16-17,32H,5-6,9,11H2,1H3,(H,39,40)(H,29,30,33)/t13-,16?,17?/m0/s1. The van der Waals surface area contributed by atoms with Crippen LogP contribution in [0.3, 0.4) is 0 Å². The zero-order valence-corrected chi connectivity index (χ0v) is 22.6. The highest BCUT2D eigenvalue weighted by Gasteiger charge is 2.34. The van der Waals surface area contributed by atoms with Gasteiger partial charge < -0.3 is 25.2 Å². The molecule has 0 unspecified atom stereocenters. The van der Waals surface area contributed by atoms with Crippen molar-refractivity contribution in [2.45, 2.75) is 50.7 Å². The second-order valence-electron chi connectivity index (χ2n) is 9.53. The summed E-state index contributed by atoms with van der Waals surface area (Å²) in [6, 6.07) is 4.70. The molecule has 0 spiro atoms. The molecule has 1 atom stereocenters. The second-order valence-corrected chi connectivity index (χ2v) is 9.94. The van der Waals surface area contributed by atoms with Crippen molar-refractivity contribution in [1.29, 1.82) is 0 Å². The van der Waals surface area contributed by atoms with Crippen LogP contribution in [0, 0.1) is 0 Å². The smallest absolute Gasteiger partial charge is 0.422 e. The first-order valence-corrected chi connectivity index (χ1v) is 12.9. The van der Waals surface area contributed by atoms with Crippen molar-refractivity contribution in [1.82, 2.24) is 45.3 Å². The van der Waals surface area contributed by atoms with Crippen molar-refractivity contribution in [3.63, 3.8) is 0 Å². The average Bonchev–Trinajstić information content (AvgIpc) is 3.56. The van der Waals surface area contributed by atoms with Crippen LogP contribution in [0.1, 0.15) is 25.8 Å². The third kappa shape index (κ3) is 7.34. The van der Waals surface area contributed by atoms with Crippen LogP contribution in [-0.4, -0.2) is 76.1 Å². The van der Waals surface area contributed by atoms with Crippen LogP contribution in [0.25, 0.3) is 11.1 Å². The molecule has 3 aromatic heterocycles. The Kier molecular flexibility index (Phi) is 8.28. The fraction of sp³-hybridized carbons (Fsp3) is 0.375. The van der Waals surface area contributed by atoms with E-state index in [1.54, 1.807) is 18.2 Å². The van der Waals surface area contributed by atoms with Crippen LogP contribution in [0.4, 0.5) is 29.6 Å². The Morgan fingerprint density at radius 3 is 2.67 bits per heavy atom. The zero-order chi connectivity index (χ0) is 29.9. The topological polar surface area (TPSA) is 167 Å². The minimum absolute atomic E-state index is 0.0923. The number of ether oxygens (including phenoxy) is 2. The maximum atomic E-state index is 12.8. The van der Waals surface area contributed by atoms with Crippen molar-refractivity contribution in [3.05, 3.63) is 48.1 Å². The minimum Gasteiger partial charge on any atom is -0.487 e. The predicted octanol–water partition coefficient (Wildman–Crippen LogP) is 4.10. The third-order valence-corrected chi connectivity index (χ3v) is 6.52. The summed E-state index contributed by atoms with van der Waals surface area (Å²) in [5, 5.41) is 29.6. The normalized spacial score (nSPS) is 17.3. The highest BCUT2D eigenvalue weighted by Crippen LogP contribution is 2.36. The lowest BCUT2D eigenvalue weighted by Crippen LogP contribution is -2.44. The summed E-state index contributed by atoms with van der Waals surface area (Å²) in [5.41, 5.74) is 1.47. The number of amides is 1. The number of hydrogen-bond donors (Lipinski definition) is 3. The molecular formula is C24H24ClF3N10O4. The van der Waals surface area contributed by atoms with E-state index >= 15 is 0 Å². The highest BCUT2D eigenvalue weighted by molar-refractivity contribution is 6.32. The summed E-state index contributed by atoms with van der Waals surface area (Å²) in [4.78, 5) is 19.4. The van der Waals surface area contributed by atoms with Gasteiger partial charge in [-0.15, -0.1) is 10.2 Å².